The average Bonchev–Trinajstić information content (AvgIpc) is 3.03. The molecule has 1 aliphatic heterocycles. The van der Waals surface area contributed by atoms with Crippen LogP contribution in [0.5, 0.6) is 11.5 Å². The van der Waals surface area contributed by atoms with Gasteiger partial charge in [-0.1, -0.05) is 11.2 Å². The maximum atomic E-state index is 12.0. The van der Waals surface area contributed by atoms with E-state index in [1.165, 1.54) is 0 Å². The van der Waals surface area contributed by atoms with E-state index in [2.05, 4.69) is 10.5 Å². The lowest BCUT2D eigenvalue weighted by Gasteiger charge is -2.05. The van der Waals surface area contributed by atoms with E-state index in [9.17, 15) is 4.79 Å². The number of ether oxygens (including phenoxy) is 2. The Morgan fingerprint density at radius 3 is 2.85 bits per heavy atom. The minimum Gasteiger partial charge on any atom is -0.454 e. The number of nitrogens with one attached hydrogen (secondary N) is 1. The first-order valence-corrected chi connectivity index (χ1v) is 6.25. The summed E-state index contributed by atoms with van der Waals surface area (Å²) in [6.07, 6.45) is 0. The lowest BCUT2D eigenvalue weighted by molar-refractivity contribution is 0.0941. The molecule has 1 amide bonds. The van der Waals surface area contributed by atoms with E-state index in [-0.39, 0.29) is 12.7 Å². The molecule has 1 aromatic heterocycles. The molecule has 0 spiro atoms. The molecule has 0 unspecified atom stereocenters. The molecule has 0 saturated carbocycles. The molecule has 1 aliphatic rings. The molecule has 6 nitrogen and oxygen atoms in total. The van der Waals surface area contributed by atoms with Crippen LogP contribution in [0.15, 0.2) is 22.7 Å². The molecule has 0 radical (unpaired) electrons. The lowest BCUT2D eigenvalue weighted by atomic mass is 10.2. The Kier molecular flexibility index (Phi) is 3.06. The number of hydrogen-bond acceptors (Lipinski definition) is 5. The van der Waals surface area contributed by atoms with Crippen molar-refractivity contribution in [2.75, 3.05) is 6.79 Å². The Hall–Kier alpha value is -2.50. The zero-order valence-corrected chi connectivity index (χ0v) is 11.2. The summed E-state index contributed by atoms with van der Waals surface area (Å²) < 4.78 is 15.5. The number of aromatic nitrogens is 1. The molecule has 20 heavy (non-hydrogen) atoms. The number of fused-ring (bicyclic) bond motifs is 1. The maximum Gasteiger partial charge on any atom is 0.274 e. The molecule has 2 aromatic rings. The van der Waals surface area contributed by atoms with E-state index in [1.54, 1.807) is 13.8 Å². The molecular weight excluding hydrogens is 260 g/mol. The Labute approximate surface area is 115 Å². The van der Waals surface area contributed by atoms with Gasteiger partial charge in [-0.15, -0.1) is 0 Å². The van der Waals surface area contributed by atoms with Gasteiger partial charge in [0.25, 0.3) is 5.91 Å². The fraction of sp³-hybridized carbons (Fsp3) is 0.286. The smallest absolute Gasteiger partial charge is 0.274 e. The minimum atomic E-state index is -0.253. The van der Waals surface area contributed by atoms with Crippen LogP contribution in [-0.4, -0.2) is 17.9 Å². The normalized spacial score (nSPS) is 12.5. The Morgan fingerprint density at radius 1 is 1.30 bits per heavy atom. The third-order valence-corrected chi connectivity index (χ3v) is 3.26. The van der Waals surface area contributed by atoms with Crippen LogP contribution in [-0.2, 0) is 6.54 Å². The van der Waals surface area contributed by atoms with E-state index < -0.39 is 0 Å². The van der Waals surface area contributed by atoms with Crippen LogP contribution in [0.2, 0.25) is 0 Å². The van der Waals surface area contributed by atoms with Gasteiger partial charge in [0.1, 0.15) is 5.76 Å². The summed E-state index contributed by atoms with van der Waals surface area (Å²) in [5, 5.41) is 6.56. The molecule has 6 heteroatoms. The molecule has 3 rings (SSSR count). The summed E-state index contributed by atoms with van der Waals surface area (Å²) in [5.74, 6) is 1.82. The summed E-state index contributed by atoms with van der Waals surface area (Å²) in [7, 11) is 0. The minimum absolute atomic E-state index is 0.239. The third kappa shape index (κ3) is 2.20. The van der Waals surface area contributed by atoms with Crippen molar-refractivity contribution in [3.8, 4) is 11.5 Å². The van der Waals surface area contributed by atoms with Crippen LogP contribution in [0, 0.1) is 13.8 Å². The highest BCUT2D eigenvalue weighted by atomic mass is 16.7. The van der Waals surface area contributed by atoms with E-state index in [0.717, 1.165) is 16.9 Å². The number of benzene rings is 1. The summed E-state index contributed by atoms with van der Waals surface area (Å²) in [6.45, 7) is 4.21. The van der Waals surface area contributed by atoms with E-state index in [4.69, 9.17) is 14.0 Å². The van der Waals surface area contributed by atoms with Gasteiger partial charge in [-0.2, -0.15) is 0 Å². The number of rotatable bonds is 3. The van der Waals surface area contributed by atoms with Gasteiger partial charge in [0, 0.05) is 12.1 Å². The third-order valence-electron chi connectivity index (χ3n) is 3.26. The first-order valence-electron chi connectivity index (χ1n) is 6.25. The van der Waals surface area contributed by atoms with Crippen molar-refractivity contribution in [3.05, 3.63) is 40.8 Å². The van der Waals surface area contributed by atoms with Crippen LogP contribution in [0.25, 0.3) is 0 Å². The van der Waals surface area contributed by atoms with Gasteiger partial charge in [-0.3, -0.25) is 4.79 Å². The van der Waals surface area contributed by atoms with Crippen molar-refractivity contribution >= 4 is 5.91 Å². The Bertz CT molecular complexity index is 663. The van der Waals surface area contributed by atoms with Crippen LogP contribution >= 0.6 is 0 Å². The zero-order chi connectivity index (χ0) is 14.1. The number of hydrogen-bond donors (Lipinski definition) is 1. The van der Waals surface area contributed by atoms with Crippen LogP contribution in [0.4, 0.5) is 0 Å². The number of aryl methyl sites for hydroxylation is 1. The van der Waals surface area contributed by atoms with Gasteiger partial charge in [0.2, 0.25) is 6.79 Å². The van der Waals surface area contributed by atoms with E-state index in [0.29, 0.717) is 23.7 Å². The van der Waals surface area contributed by atoms with Gasteiger partial charge in [0.05, 0.1) is 0 Å². The Morgan fingerprint density at radius 2 is 2.10 bits per heavy atom. The van der Waals surface area contributed by atoms with Crippen molar-refractivity contribution in [2.24, 2.45) is 0 Å². The number of nitrogens with zero attached hydrogens (tertiary/aromatic N) is 1. The maximum absolute atomic E-state index is 12.0. The van der Waals surface area contributed by atoms with Gasteiger partial charge >= 0.3 is 0 Å². The standard InChI is InChI=1S/C14H14N2O4/c1-8-9(2)20-16-13(8)14(17)15-6-10-3-4-11-12(5-10)19-7-18-11/h3-5H,6-7H2,1-2H3,(H,15,17). The molecular formula is C14H14N2O4. The molecule has 0 aliphatic carbocycles. The van der Waals surface area contributed by atoms with Crippen LogP contribution in [0.1, 0.15) is 27.4 Å². The van der Waals surface area contributed by atoms with Gasteiger partial charge in [0.15, 0.2) is 17.2 Å². The first kappa shape index (κ1) is 12.5. The highest BCUT2D eigenvalue weighted by Crippen LogP contribution is 2.32. The summed E-state index contributed by atoms with van der Waals surface area (Å²) in [4.78, 5) is 12.0. The molecule has 1 N–H and O–H groups in total. The highest BCUT2D eigenvalue weighted by Gasteiger charge is 2.17. The SMILES string of the molecule is Cc1onc(C(=O)NCc2ccc3c(c2)OCO3)c1C. The lowest BCUT2D eigenvalue weighted by Crippen LogP contribution is -2.23. The number of carbonyl (C=O) groups excluding carboxylic acids is 1. The van der Waals surface area contributed by atoms with E-state index >= 15 is 0 Å². The van der Waals surface area contributed by atoms with Crippen molar-refractivity contribution in [1.82, 2.24) is 10.5 Å². The fourth-order valence-electron chi connectivity index (χ4n) is 1.95. The first-order chi connectivity index (χ1) is 9.65. The predicted molar refractivity (Wildman–Crippen MR) is 69.7 cm³/mol. The monoisotopic (exact) mass is 274 g/mol. The largest absolute Gasteiger partial charge is 0.454 e. The second-order valence-electron chi connectivity index (χ2n) is 4.58. The topological polar surface area (TPSA) is 73.6 Å². The molecule has 0 bridgehead atoms. The van der Waals surface area contributed by atoms with E-state index in [1.807, 2.05) is 18.2 Å². The Balaban J connectivity index is 1.67. The predicted octanol–water partition coefficient (Wildman–Crippen LogP) is 1.95. The van der Waals surface area contributed by atoms with Crippen molar-refractivity contribution in [2.45, 2.75) is 20.4 Å². The van der Waals surface area contributed by atoms with Crippen LogP contribution < -0.4 is 14.8 Å². The average molecular weight is 274 g/mol. The molecule has 1 aromatic carbocycles. The molecule has 0 saturated heterocycles. The summed E-state index contributed by atoms with van der Waals surface area (Å²) in [6, 6.07) is 5.56. The summed E-state index contributed by atoms with van der Waals surface area (Å²) >= 11 is 0. The number of amides is 1. The van der Waals surface area contributed by atoms with Gasteiger partial charge in [-0.25, -0.2) is 0 Å². The van der Waals surface area contributed by atoms with Crippen LogP contribution in [0.3, 0.4) is 0 Å². The molecule has 0 fully saturated rings. The summed E-state index contributed by atoms with van der Waals surface area (Å²) in [5.41, 5.74) is 2.01. The van der Waals surface area contributed by atoms with Crippen molar-refractivity contribution in [3.63, 3.8) is 0 Å². The van der Waals surface area contributed by atoms with Gasteiger partial charge < -0.3 is 19.3 Å². The molecule has 104 valence electrons. The fourth-order valence-corrected chi connectivity index (χ4v) is 1.95. The highest BCUT2D eigenvalue weighted by molar-refractivity contribution is 5.93. The second-order valence-corrected chi connectivity index (χ2v) is 4.58. The zero-order valence-electron chi connectivity index (χ0n) is 11.2. The molecule has 2 heterocycles. The molecule has 0 atom stereocenters. The number of carbonyl (C=O) groups is 1. The van der Waals surface area contributed by atoms with Gasteiger partial charge in [-0.05, 0) is 31.5 Å². The van der Waals surface area contributed by atoms with Crippen molar-refractivity contribution in [1.29, 1.82) is 0 Å². The van der Waals surface area contributed by atoms with Crippen molar-refractivity contribution < 1.29 is 18.8 Å². The quantitative estimate of drug-likeness (QED) is 0.926. The second kappa shape index (κ2) is 4.88.